The van der Waals surface area contributed by atoms with Gasteiger partial charge in [0.05, 0.1) is 24.0 Å². The Bertz CT molecular complexity index is 644. The molecule has 5 nitrogen and oxygen atoms in total. The van der Waals surface area contributed by atoms with Gasteiger partial charge in [0.25, 0.3) is 0 Å². The average molecular weight is 315 g/mol. The van der Waals surface area contributed by atoms with Crippen LogP contribution in [0.4, 0.5) is 10.1 Å². The van der Waals surface area contributed by atoms with Crippen molar-refractivity contribution in [2.75, 3.05) is 11.8 Å². The minimum absolute atomic E-state index is 0.200. The number of benzene rings is 1. The summed E-state index contributed by atoms with van der Waals surface area (Å²) in [4.78, 5) is 11.7. The van der Waals surface area contributed by atoms with Gasteiger partial charge in [-0.25, -0.2) is 12.8 Å². The molecule has 2 atom stereocenters. The number of hydrogen-bond acceptors (Lipinski definition) is 4. The van der Waals surface area contributed by atoms with Crippen LogP contribution in [0.5, 0.6) is 0 Å². The standard InChI is InChI=1S/C14H18FNO4S/c1-9-6-7-10(15)8-12(9)16-21(18,19)13-5-3-4-11(13)14(17)20-2/h6-8,11,13,16H,3-5H2,1-2H3. The monoisotopic (exact) mass is 315 g/mol. The smallest absolute Gasteiger partial charge is 0.310 e. The van der Waals surface area contributed by atoms with Gasteiger partial charge in [-0.3, -0.25) is 9.52 Å². The molecular weight excluding hydrogens is 297 g/mol. The summed E-state index contributed by atoms with van der Waals surface area (Å²) >= 11 is 0. The van der Waals surface area contributed by atoms with Crippen LogP contribution < -0.4 is 4.72 Å². The van der Waals surface area contributed by atoms with Crippen LogP contribution in [-0.2, 0) is 19.6 Å². The molecule has 116 valence electrons. The predicted octanol–water partition coefficient (Wildman–Crippen LogP) is 2.22. The fourth-order valence-corrected chi connectivity index (χ4v) is 4.49. The van der Waals surface area contributed by atoms with Gasteiger partial charge in [0.1, 0.15) is 5.82 Å². The highest BCUT2D eigenvalue weighted by Gasteiger charge is 2.42. The molecular formula is C14H18FNO4S. The molecule has 0 radical (unpaired) electrons. The number of hydrogen-bond donors (Lipinski definition) is 1. The average Bonchev–Trinajstić information content (AvgIpc) is 2.92. The number of methoxy groups -OCH3 is 1. The minimum atomic E-state index is -3.77. The summed E-state index contributed by atoms with van der Waals surface area (Å²) in [6.45, 7) is 1.68. The van der Waals surface area contributed by atoms with Crippen molar-refractivity contribution in [2.24, 2.45) is 5.92 Å². The molecule has 0 aliphatic heterocycles. The topological polar surface area (TPSA) is 72.5 Å². The maximum absolute atomic E-state index is 13.3. The first-order valence-electron chi connectivity index (χ1n) is 6.71. The molecule has 2 rings (SSSR count). The number of esters is 1. The lowest BCUT2D eigenvalue weighted by Gasteiger charge is -2.19. The first kappa shape index (κ1) is 15.8. The largest absolute Gasteiger partial charge is 0.469 e. The van der Waals surface area contributed by atoms with Crippen LogP contribution in [0.2, 0.25) is 0 Å². The fraction of sp³-hybridized carbons (Fsp3) is 0.500. The van der Waals surface area contributed by atoms with E-state index in [1.807, 2.05) is 0 Å². The highest BCUT2D eigenvalue weighted by atomic mass is 32.2. The maximum atomic E-state index is 13.3. The molecule has 0 saturated heterocycles. The Balaban J connectivity index is 2.25. The number of carbonyl (C=O) groups is 1. The van der Waals surface area contributed by atoms with E-state index in [9.17, 15) is 17.6 Å². The molecule has 0 heterocycles. The summed E-state index contributed by atoms with van der Waals surface area (Å²) < 4.78 is 45.2. The van der Waals surface area contributed by atoms with Crippen LogP contribution in [-0.4, -0.2) is 26.7 Å². The Labute approximate surface area is 123 Å². The van der Waals surface area contributed by atoms with Gasteiger partial charge in [0.15, 0.2) is 0 Å². The van der Waals surface area contributed by atoms with E-state index < -0.39 is 33.0 Å². The first-order chi connectivity index (χ1) is 9.85. The Morgan fingerprint density at radius 1 is 1.38 bits per heavy atom. The zero-order valence-corrected chi connectivity index (χ0v) is 12.7. The van der Waals surface area contributed by atoms with Gasteiger partial charge >= 0.3 is 5.97 Å². The van der Waals surface area contributed by atoms with Gasteiger partial charge in [-0.15, -0.1) is 0 Å². The number of nitrogens with one attached hydrogen (secondary N) is 1. The third kappa shape index (κ3) is 3.34. The van der Waals surface area contributed by atoms with Crippen LogP contribution in [0, 0.1) is 18.7 Å². The molecule has 1 aliphatic carbocycles. The second-order valence-corrected chi connectivity index (χ2v) is 7.10. The summed E-state index contributed by atoms with van der Waals surface area (Å²) in [5.74, 6) is -1.70. The molecule has 0 bridgehead atoms. The molecule has 1 fully saturated rings. The zero-order valence-electron chi connectivity index (χ0n) is 11.9. The molecule has 0 amide bonds. The van der Waals surface area contributed by atoms with Crippen molar-refractivity contribution in [1.29, 1.82) is 0 Å². The Kier molecular flexibility index (Phi) is 4.51. The van der Waals surface area contributed by atoms with Gasteiger partial charge in [-0.1, -0.05) is 12.5 Å². The van der Waals surface area contributed by atoms with Crippen LogP contribution in [0.1, 0.15) is 24.8 Å². The van der Waals surface area contributed by atoms with E-state index in [-0.39, 0.29) is 5.69 Å². The van der Waals surface area contributed by atoms with Crippen molar-refractivity contribution in [2.45, 2.75) is 31.4 Å². The van der Waals surface area contributed by atoms with Crippen LogP contribution in [0.25, 0.3) is 0 Å². The number of carbonyl (C=O) groups excluding carboxylic acids is 1. The second-order valence-electron chi connectivity index (χ2n) is 5.21. The summed E-state index contributed by atoms with van der Waals surface area (Å²) in [5.41, 5.74) is 0.818. The molecule has 1 N–H and O–H groups in total. The number of rotatable bonds is 4. The molecule has 0 aromatic heterocycles. The number of sulfonamides is 1. The minimum Gasteiger partial charge on any atom is -0.469 e. The van der Waals surface area contributed by atoms with Crippen molar-refractivity contribution >= 4 is 21.7 Å². The zero-order chi connectivity index (χ0) is 15.6. The second kappa shape index (κ2) is 6.01. The van der Waals surface area contributed by atoms with E-state index in [1.165, 1.54) is 19.2 Å². The summed E-state index contributed by atoms with van der Waals surface area (Å²) in [5, 5.41) is -0.840. The Morgan fingerprint density at radius 2 is 2.10 bits per heavy atom. The van der Waals surface area contributed by atoms with Crippen LogP contribution in [0.15, 0.2) is 18.2 Å². The highest BCUT2D eigenvalue weighted by molar-refractivity contribution is 7.93. The van der Waals surface area contributed by atoms with Crippen molar-refractivity contribution in [3.63, 3.8) is 0 Å². The number of halogens is 1. The van der Waals surface area contributed by atoms with Crippen molar-refractivity contribution in [3.05, 3.63) is 29.6 Å². The lowest BCUT2D eigenvalue weighted by Crippen LogP contribution is -2.35. The van der Waals surface area contributed by atoms with Gasteiger partial charge in [-0.05, 0) is 37.5 Å². The first-order valence-corrected chi connectivity index (χ1v) is 8.25. The molecule has 1 aliphatic rings. The van der Waals surface area contributed by atoms with Crippen LogP contribution >= 0.6 is 0 Å². The van der Waals surface area contributed by atoms with Gasteiger partial charge < -0.3 is 4.74 Å². The van der Waals surface area contributed by atoms with Crippen molar-refractivity contribution < 1.29 is 22.3 Å². The lowest BCUT2D eigenvalue weighted by atomic mass is 10.1. The van der Waals surface area contributed by atoms with Gasteiger partial charge in [0.2, 0.25) is 10.0 Å². The third-order valence-electron chi connectivity index (χ3n) is 3.81. The molecule has 7 heteroatoms. The van der Waals surface area contributed by atoms with Crippen molar-refractivity contribution in [1.82, 2.24) is 0 Å². The van der Waals surface area contributed by atoms with E-state index in [2.05, 4.69) is 9.46 Å². The summed E-state index contributed by atoms with van der Waals surface area (Å²) in [7, 11) is -2.53. The predicted molar refractivity (Wildman–Crippen MR) is 76.8 cm³/mol. The van der Waals surface area contributed by atoms with Crippen LogP contribution in [0.3, 0.4) is 0 Å². The summed E-state index contributed by atoms with van der Waals surface area (Å²) in [6, 6.07) is 3.90. The van der Waals surface area contributed by atoms with E-state index in [0.29, 0.717) is 24.8 Å². The molecule has 1 saturated carbocycles. The Morgan fingerprint density at radius 3 is 2.76 bits per heavy atom. The van der Waals surface area contributed by atoms with E-state index in [4.69, 9.17) is 0 Å². The molecule has 1 aromatic carbocycles. The normalized spacial score (nSPS) is 22.0. The quantitative estimate of drug-likeness (QED) is 0.865. The van der Waals surface area contributed by atoms with Crippen molar-refractivity contribution in [3.8, 4) is 0 Å². The molecule has 0 spiro atoms. The summed E-state index contributed by atoms with van der Waals surface area (Å²) in [6.07, 6.45) is 1.53. The van der Waals surface area contributed by atoms with E-state index in [1.54, 1.807) is 6.92 Å². The Hall–Kier alpha value is -1.63. The third-order valence-corrected chi connectivity index (χ3v) is 5.67. The number of ether oxygens (including phenoxy) is 1. The van der Waals surface area contributed by atoms with E-state index >= 15 is 0 Å². The SMILES string of the molecule is COC(=O)C1CCCC1S(=O)(=O)Nc1cc(F)ccc1C. The molecule has 1 aromatic rings. The number of aryl methyl sites for hydroxylation is 1. The fourth-order valence-electron chi connectivity index (χ4n) is 2.65. The van der Waals surface area contributed by atoms with E-state index in [0.717, 1.165) is 6.07 Å². The van der Waals surface area contributed by atoms with Gasteiger partial charge in [0, 0.05) is 0 Å². The molecule has 2 unspecified atom stereocenters. The maximum Gasteiger partial charge on any atom is 0.310 e. The number of anilines is 1. The molecule has 21 heavy (non-hydrogen) atoms. The highest BCUT2D eigenvalue weighted by Crippen LogP contribution is 2.33. The lowest BCUT2D eigenvalue weighted by molar-refractivity contribution is -0.145. The van der Waals surface area contributed by atoms with Gasteiger partial charge in [-0.2, -0.15) is 0 Å².